The molecule has 34 heavy (non-hydrogen) atoms. The Morgan fingerprint density at radius 2 is 1.91 bits per heavy atom. The summed E-state index contributed by atoms with van der Waals surface area (Å²) in [6.07, 6.45) is 6.76. The molecule has 4 N–H and O–H groups in total. The van der Waals surface area contributed by atoms with Crippen LogP contribution in [0.1, 0.15) is 50.1 Å². The molecule has 0 atom stereocenters. The highest BCUT2D eigenvalue weighted by Crippen LogP contribution is 2.38. The standard InChI is InChI=1S/C24H30ClN7O2/c1-14-3-2-4-18(20(14)25)29-24-30-19-13-27-23(28-16-9-11-34-12-10-16)31-22(19)32(24)17-7-5-15(6-8-17)21(26)33/h2-4,13,15-17H,5-12H2,1H3,(H2,26,33)(H,29,30)(H,27,28,31). The fraction of sp³-hybridized carbons (Fsp3) is 0.500. The third kappa shape index (κ3) is 4.67. The highest BCUT2D eigenvalue weighted by Gasteiger charge is 2.29. The number of imidazole rings is 1. The van der Waals surface area contributed by atoms with Gasteiger partial charge in [0.05, 0.1) is 16.9 Å². The van der Waals surface area contributed by atoms with E-state index in [-0.39, 0.29) is 23.9 Å². The molecule has 1 amide bonds. The molecule has 9 nitrogen and oxygen atoms in total. The second kappa shape index (κ2) is 9.76. The number of hydrogen-bond acceptors (Lipinski definition) is 7. The van der Waals surface area contributed by atoms with Crippen LogP contribution >= 0.6 is 11.6 Å². The summed E-state index contributed by atoms with van der Waals surface area (Å²) in [5, 5.41) is 7.54. The number of primary amides is 1. The number of anilines is 3. The lowest BCUT2D eigenvalue weighted by atomic mass is 9.85. The zero-order valence-corrected chi connectivity index (χ0v) is 20.0. The van der Waals surface area contributed by atoms with E-state index in [0.717, 1.165) is 68.6 Å². The lowest BCUT2D eigenvalue weighted by Crippen LogP contribution is -2.29. The van der Waals surface area contributed by atoms with Gasteiger partial charge in [-0.3, -0.25) is 9.36 Å². The number of nitrogens with zero attached hydrogens (tertiary/aromatic N) is 4. The van der Waals surface area contributed by atoms with Gasteiger partial charge in [-0.2, -0.15) is 4.98 Å². The van der Waals surface area contributed by atoms with Crippen LogP contribution in [0.15, 0.2) is 24.4 Å². The molecule has 0 bridgehead atoms. The van der Waals surface area contributed by atoms with E-state index >= 15 is 0 Å². The van der Waals surface area contributed by atoms with E-state index in [1.165, 1.54) is 0 Å². The van der Waals surface area contributed by atoms with Crippen LogP contribution in [-0.2, 0) is 9.53 Å². The molecular weight excluding hydrogens is 454 g/mol. The molecular formula is C24H30ClN7O2. The molecule has 0 unspecified atom stereocenters. The summed E-state index contributed by atoms with van der Waals surface area (Å²) in [5.41, 5.74) is 8.82. The van der Waals surface area contributed by atoms with Crippen molar-refractivity contribution in [3.63, 3.8) is 0 Å². The van der Waals surface area contributed by atoms with Crippen LogP contribution in [0, 0.1) is 12.8 Å². The van der Waals surface area contributed by atoms with Crippen molar-refractivity contribution in [1.29, 1.82) is 0 Å². The number of carbonyl (C=O) groups excluding carboxylic acids is 1. The molecule has 1 saturated carbocycles. The Balaban J connectivity index is 1.51. The first-order valence-corrected chi connectivity index (χ1v) is 12.3. The van der Waals surface area contributed by atoms with Crippen molar-refractivity contribution in [2.24, 2.45) is 11.7 Å². The Kier molecular flexibility index (Phi) is 6.56. The van der Waals surface area contributed by atoms with Gasteiger partial charge in [0.1, 0.15) is 5.52 Å². The van der Waals surface area contributed by atoms with Gasteiger partial charge in [-0.1, -0.05) is 23.7 Å². The molecule has 2 aliphatic rings. The van der Waals surface area contributed by atoms with Crippen molar-refractivity contribution in [2.75, 3.05) is 23.8 Å². The summed E-state index contributed by atoms with van der Waals surface area (Å²) in [4.78, 5) is 25.9. The monoisotopic (exact) mass is 483 g/mol. The maximum Gasteiger partial charge on any atom is 0.224 e. The fourth-order valence-corrected chi connectivity index (χ4v) is 5.08. The molecule has 0 spiro atoms. The highest BCUT2D eigenvalue weighted by molar-refractivity contribution is 6.34. The summed E-state index contributed by atoms with van der Waals surface area (Å²) >= 11 is 6.57. The summed E-state index contributed by atoms with van der Waals surface area (Å²) in [5.74, 6) is 0.965. The lowest BCUT2D eigenvalue weighted by molar-refractivity contribution is -0.122. The minimum Gasteiger partial charge on any atom is -0.381 e. The van der Waals surface area contributed by atoms with Gasteiger partial charge in [0, 0.05) is 31.2 Å². The van der Waals surface area contributed by atoms with E-state index in [1.807, 2.05) is 25.1 Å². The number of halogens is 1. The van der Waals surface area contributed by atoms with Gasteiger partial charge in [0.2, 0.25) is 17.8 Å². The largest absolute Gasteiger partial charge is 0.381 e. The first-order valence-electron chi connectivity index (χ1n) is 11.9. The number of carbonyl (C=O) groups is 1. The molecule has 3 heterocycles. The maximum atomic E-state index is 11.7. The van der Waals surface area contributed by atoms with Crippen molar-refractivity contribution >= 4 is 46.3 Å². The van der Waals surface area contributed by atoms with Gasteiger partial charge in [-0.15, -0.1) is 0 Å². The Hall–Kier alpha value is -2.91. The summed E-state index contributed by atoms with van der Waals surface area (Å²) < 4.78 is 7.60. The number of amides is 1. The second-order valence-electron chi connectivity index (χ2n) is 9.21. The highest BCUT2D eigenvalue weighted by atomic mass is 35.5. The van der Waals surface area contributed by atoms with Crippen LogP contribution in [0.3, 0.4) is 0 Å². The van der Waals surface area contributed by atoms with Crippen molar-refractivity contribution in [2.45, 2.75) is 57.5 Å². The number of aromatic nitrogens is 4. The van der Waals surface area contributed by atoms with Gasteiger partial charge in [0.15, 0.2) is 5.65 Å². The number of nitrogens with one attached hydrogen (secondary N) is 2. The molecule has 2 aromatic heterocycles. The van der Waals surface area contributed by atoms with Gasteiger partial charge in [-0.25, -0.2) is 9.97 Å². The predicted molar refractivity (Wildman–Crippen MR) is 132 cm³/mol. The van der Waals surface area contributed by atoms with Gasteiger partial charge in [-0.05, 0) is 57.1 Å². The molecule has 1 aliphatic carbocycles. The number of aryl methyl sites for hydroxylation is 1. The summed E-state index contributed by atoms with van der Waals surface area (Å²) in [6.45, 7) is 3.46. The molecule has 1 aliphatic heterocycles. The lowest BCUT2D eigenvalue weighted by Gasteiger charge is -2.29. The Bertz CT molecular complexity index is 1180. The Morgan fingerprint density at radius 3 is 2.65 bits per heavy atom. The predicted octanol–water partition coefficient (Wildman–Crippen LogP) is 4.34. The SMILES string of the molecule is Cc1cccc(Nc2nc3cnc(NC4CCOCC4)nc3n2C2CCC(C(N)=O)CC2)c1Cl. The normalized spacial score (nSPS) is 21.5. The van der Waals surface area contributed by atoms with E-state index in [4.69, 9.17) is 32.0 Å². The molecule has 5 rings (SSSR count). The van der Waals surface area contributed by atoms with Crippen LogP contribution in [0.4, 0.5) is 17.6 Å². The molecule has 0 radical (unpaired) electrons. The van der Waals surface area contributed by atoms with Crippen molar-refractivity contribution in [1.82, 2.24) is 19.5 Å². The van der Waals surface area contributed by atoms with Gasteiger partial charge in [0.25, 0.3) is 0 Å². The molecule has 180 valence electrons. The van der Waals surface area contributed by atoms with Crippen molar-refractivity contribution < 1.29 is 9.53 Å². The first-order chi connectivity index (χ1) is 16.5. The van der Waals surface area contributed by atoms with Crippen LogP contribution in [0.2, 0.25) is 5.02 Å². The van der Waals surface area contributed by atoms with Crippen LogP contribution in [0.25, 0.3) is 11.2 Å². The summed E-state index contributed by atoms with van der Waals surface area (Å²) in [7, 11) is 0. The van der Waals surface area contributed by atoms with Crippen LogP contribution in [-0.4, -0.2) is 44.7 Å². The smallest absolute Gasteiger partial charge is 0.224 e. The van der Waals surface area contributed by atoms with Gasteiger partial charge < -0.3 is 21.1 Å². The van der Waals surface area contributed by atoms with E-state index in [1.54, 1.807) is 6.20 Å². The molecule has 10 heteroatoms. The van der Waals surface area contributed by atoms with E-state index in [2.05, 4.69) is 20.2 Å². The van der Waals surface area contributed by atoms with Crippen molar-refractivity contribution in [3.05, 3.63) is 35.0 Å². The zero-order chi connectivity index (χ0) is 23.7. The van der Waals surface area contributed by atoms with E-state index < -0.39 is 0 Å². The quantitative estimate of drug-likeness (QED) is 0.477. The zero-order valence-electron chi connectivity index (χ0n) is 19.3. The minimum atomic E-state index is -0.218. The van der Waals surface area contributed by atoms with Crippen molar-refractivity contribution in [3.8, 4) is 0 Å². The third-order valence-electron chi connectivity index (χ3n) is 6.89. The van der Waals surface area contributed by atoms with Crippen LogP contribution in [0.5, 0.6) is 0 Å². The number of fused-ring (bicyclic) bond motifs is 1. The average molecular weight is 484 g/mol. The number of hydrogen-bond donors (Lipinski definition) is 3. The fourth-order valence-electron chi connectivity index (χ4n) is 4.90. The second-order valence-corrected chi connectivity index (χ2v) is 9.59. The Labute approximate surface area is 203 Å². The molecule has 3 aromatic rings. The Morgan fingerprint density at radius 1 is 1.15 bits per heavy atom. The van der Waals surface area contributed by atoms with E-state index in [9.17, 15) is 4.79 Å². The number of nitrogens with two attached hydrogens (primary N) is 1. The van der Waals surface area contributed by atoms with E-state index in [0.29, 0.717) is 22.4 Å². The molecule has 2 fully saturated rings. The number of rotatable bonds is 6. The summed E-state index contributed by atoms with van der Waals surface area (Å²) in [6, 6.07) is 6.30. The van der Waals surface area contributed by atoms with Gasteiger partial charge >= 0.3 is 0 Å². The average Bonchev–Trinajstić information content (AvgIpc) is 3.20. The van der Waals surface area contributed by atoms with Crippen LogP contribution < -0.4 is 16.4 Å². The number of ether oxygens (including phenoxy) is 1. The molecule has 1 saturated heterocycles. The maximum absolute atomic E-state index is 11.7. The topological polar surface area (TPSA) is 120 Å². The third-order valence-corrected chi connectivity index (χ3v) is 7.39. The number of benzene rings is 1. The first kappa shape index (κ1) is 22.9. The molecule has 1 aromatic carbocycles. The minimum absolute atomic E-state index is 0.0750.